The standard InChI is InChI=1S/C12H18O3S/c1-10-4-6-11(7-5-10)16(14,15)9-8-12(2,3)13/h4-7,13H,8-9H2,1-3H3. The summed E-state index contributed by atoms with van der Waals surface area (Å²) in [6.07, 6.45) is 0.239. The Labute approximate surface area is 97.0 Å². The molecule has 1 aromatic carbocycles. The van der Waals surface area contributed by atoms with Crippen LogP contribution in [0.4, 0.5) is 0 Å². The zero-order chi connectivity index (χ0) is 12.4. The van der Waals surface area contributed by atoms with Crippen molar-refractivity contribution in [2.24, 2.45) is 0 Å². The van der Waals surface area contributed by atoms with Crippen LogP contribution in [-0.2, 0) is 9.84 Å². The minimum atomic E-state index is -3.27. The Hall–Kier alpha value is -0.870. The zero-order valence-electron chi connectivity index (χ0n) is 9.90. The smallest absolute Gasteiger partial charge is 0.178 e. The third-order valence-electron chi connectivity index (χ3n) is 2.36. The number of aliphatic hydroxyl groups is 1. The van der Waals surface area contributed by atoms with Gasteiger partial charge >= 0.3 is 0 Å². The van der Waals surface area contributed by atoms with Crippen molar-refractivity contribution in [3.05, 3.63) is 29.8 Å². The summed E-state index contributed by atoms with van der Waals surface area (Å²) in [6.45, 7) is 5.13. The molecule has 0 saturated carbocycles. The second-order valence-electron chi connectivity index (χ2n) is 4.69. The lowest BCUT2D eigenvalue weighted by Gasteiger charge is -2.16. The van der Waals surface area contributed by atoms with Gasteiger partial charge in [-0.05, 0) is 39.3 Å². The Morgan fingerprint density at radius 3 is 2.12 bits per heavy atom. The van der Waals surface area contributed by atoms with Gasteiger partial charge in [-0.1, -0.05) is 17.7 Å². The maximum Gasteiger partial charge on any atom is 0.178 e. The van der Waals surface area contributed by atoms with Gasteiger partial charge in [0.2, 0.25) is 0 Å². The van der Waals surface area contributed by atoms with Crippen molar-refractivity contribution in [2.75, 3.05) is 5.75 Å². The Morgan fingerprint density at radius 1 is 1.19 bits per heavy atom. The molecule has 16 heavy (non-hydrogen) atoms. The number of aryl methyl sites for hydroxylation is 1. The number of hydrogen-bond acceptors (Lipinski definition) is 3. The molecule has 0 aliphatic carbocycles. The Morgan fingerprint density at radius 2 is 1.69 bits per heavy atom. The highest BCUT2D eigenvalue weighted by molar-refractivity contribution is 7.91. The summed E-state index contributed by atoms with van der Waals surface area (Å²) >= 11 is 0. The first-order chi connectivity index (χ1) is 7.21. The van der Waals surface area contributed by atoms with Gasteiger partial charge in [0.05, 0.1) is 16.2 Å². The van der Waals surface area contributed by atoms with Crippen molar-refractivity contribution >= 4 is 9.84 Å². The summed E-state index contributed by atoms with van der Waals surface area (Å²) in [7, 11) is -3.27. The summed E-state index contributed by atoms with van der Waals surface area (Å²) in [6, 6.07) is 6.76. The van der Waals surface area contributed by atoms with Gasteiger partial charge in [-0.15, -0.1) is 0 Å². The third kappa shape index (κ3) is 3.94. The molecule has 0 saturated heterocycles. The first-order valence-electron chi connectivity index (χ1n) is 5.22. The quantitative estimate of drug-likeness (QED) is 0.877. The van der Waals surface area contributed by atoms with Gasteiger partial charge in [-0.25, -0.2) is 8.42 Å². The van der Waals surface area contributed by atoms with E-state index in [0.717, 1.165) is 5.56 Å². The van der Waals surface area contributed by atoms with E-state index in [2.05, 4.69) is 0 Å². The molecule has 1 aromatic rings. The Balaban J connectivity index is 2.83. The Bertz CT molecular complexity index is 438. The molecule has 1 rings (SSSR count). The lowest BCUT2D eigenvalue weighted by molar-refractivity contribution is 0.0772. The van der Waals surface area contributed by atoms with Gasteiger partial charge in [0.25, 0.3) is 0 Å². The van der Waals surface area contributed by atoms with Gasteiger partial charge in [-0.2, -0.15) is 0 Å². The van der Waals surface area contributed by atoms with Crippen molar-refractivity contribution in [3.63, 3.8) is 0 Å². The summed E-state index contributed by atoms with van der Waals surface area (Å²) in [5.41, 5.74) is 0.0824. The molecule has 0 radical (unpaired) electrons. The van der Waals surface area contributed by atoms with Gasteiger partial charge in [0, 0.05) is 0 Å². The van der Waals surface area contributed by atoms with Gasteiger partial charge in [-0.3, -0.25) is 0 Å². The van der Waals surface area contributed by atoms with Crippen molar-refractivity contribution in [2.45, 2.75) is 37.7 Å². The molecule has 0 bridgehead atoms. The molecule has 0 aliphatic heterocycles. The van der Waals surface area contributed by atoms with Crippen LogP contribution in [-0.4, -0.2) is 24.9 Å². The minimum absolute atomic E-state index is 0.0282. The molecule has 0 unspecified atom stereocenters. The van der Waals surface area contributed by atoms with Crippen LogP contribution in [0.25, 0.3) is 0 Å². The van der Waals surface area contributed by atoms with Crippen LogP contribution < -0.4 is 0 Å². The molecular weight excluding hydrogens is 224 g/mol. The monoisotopic (exact) mass is 242 g/mol. The molecule has 3 nitrogen and oxygen atoms in total. The molecule has 4 heteroatoms. The van der Waals surface area contributed by atoms with E-state index in [1.807, 2.05) is 6.92 Å². The van der Waals surface area contributed by atoms with E-state index in [-0.39, 0.29) is 12.2 Å². The van der Waals surface area contributed by atoms with Crippen molar-refractivity contribution in [1.82, 2.24) is 0 Å². The fourth-order valence-corrected chi connectivity index (χ4v) is 2.80. The zero-order valence-corrected chi connectivity index (χ0v) is 10.7. The van der Waals surface area contributed by atoms with Crippen LogP contribution in [0, 0.1) is 6.92 Å². The number of hydrogen-bond donors (Lipinski definition) is 1. The molecule has 0 heterocycles. The first-order valence-corrected chi connectivity index (χ1v) is 6.88. The molecule has 0 aromatic heterocycles. The molecule has 0 aliphatic rings. The van der Waals surface area contributed by atoms with Crippen LogP contribution in [0.5, 0.6) is 0 Å². The highest BCUT2D eigenvalue weighted by Crippen LogP contribution is 2.16. The molecule has 1 N–H and O–H groups in total. The van der Waals surface area contributed by atoms with Gasteiger partial charge < -0.3 is 5.11 Å². The number of benzene rings is 1. The number of rotatable bonds is 4. The van der Waals surface area contributed by atoms with E-state index in [1.54, 1.807) is 38.1 Å². The maximum atomic E-state index is 11.9. The molecule has 0 amide bonds. The molecule has 0 atom stereocenters. The first kappa shape index (κ1) is 13.2. The second-order valence-corrected chi connectivity index (χ2v) is 6.80. The normalized spacial score (nSPS) is 12.8. The van der Waals surface area contributed by atoms with E-state index < -0.39 is 15.4 Å². The summed E-state index contributed by atoms with van der Waals surface area (Å²) in [5, 5.41) is 9.51. The molecule has 90 valence electrons. The lowest BCUT2D eigenvalue weighted by atomic mass is 10.1. The number of sulfone groups is 1. The van der Waals surface area contributed by atoms with E-state index >= 15 is 0 Å². The van der Waals surface area contributed by atoms with Crippen LogP contribution in [0.1, 0.15) is 25.8 Å². The topological polar surface area (TPSA) is 54.4 Å². The van der Waals surface area contributed by atoms with E-state index in [0.29, 0.717) is 4.90 Å². The van der Waals surface area contributed by atoms with Gasteiger partial charge in [0.1, 0.15) is 0 Å². The van der Waals surface area contributed by atoms with E-state index in [9.17, 15) is 13.5 Å². The molecule has 0 spiro atoms. The SMILES string of the molecule is Cc1ccc(S(=O)(=O)CCC(C)(C)O)cc1. The van der Waals surface area contributed by atoms with Crippen molar-refractivity contribution in [1.29, 1.82) is 0 Å². The minimum Gasteiger partial charge on any atom is -0.390 e. The average molecular weight is 242 g/mol. The highest BCUT2D eigenvalue weighted by Gasteiger charge is 2.20. The largest absolute Gasteiger partial charge is 0.390 e. The van der Waals surface area contributed by atoms with E-state index in [1.165, 1.54) is 0 Å². The third-order valence-corrected chi connectivity index (χ3v) is 4.09. The fraction of sp³-hybridized carbons (Fsp3) is 0.500. The summed E-state index contributed by atoms with van der Waals surface area (Å²) < 4.78 is 23.8. The summed E-state index contributed by atoms with van der Waals surface area (Å²) in [5.74, 6) is -0.0282. The fourth-order valence-electron chi connectivity index (χ4n) is 1.25. The van der Waals surface area contributed by atoms with Crippen molar-refractivity contribution in [3.8, 4) is 0 Å². The van der Waals surface area contributed by atoms with E-state index in [4.69, 9.17) is 0 Å². The lowest BCUT2D eigenvalue weighted by Crippen LogP contribution is -2.23. The van der Waals surface area contributed by atoms with Crippen LogP contribution >= 0.6 is 0 Å². The second kappa shape index (κ2) is 4.55. The Kier molecular flexibility index (Phi) is 3.76. The van der Waals surface area contributed by atoms with Crippen molar-refractivity contribution < 1.29 is 13.5 Å². The van der Waals surface area contributed by atoms with Gasteiger partial charge in [0.15, 0.2) is 9.84 Å². The van der Waals surface area contributed by atoms with Crippen LogP contribution in [0.15, 0.2) is 29.2 Å². The summed E-state index contributed by atoms with van der Waals surface area (Å²) in [4.78, 5) is 0.322. The van der Waals surface area contributed by atoms with Crippen LogP contribution in [0.3, 0.4) is 0 Å². The highest BCUT2D eigenvalue weighted by atomic mass is 32.2. The predicted octanol–water partition coefficient (Wildman–Crippen LogP) is 1.93. The molecule has 0 fully saturated rings. The van der Waals surface area contributed by atoms with Crippen LogP contribution in [0.2, 0.25) is 0 Å². The average Bonchev–Trinajstić information content (AvgIpc) is 2.15. The predicted molar refractivity (Wildman–Crippen MR) is 64.1 cm³/mol. The molecular formula is C12H18O3S. The maximum absolute atomic E-state index is 11.9.